The van der Waals surface area contributed by atoms with E-state index in [1.165, 1.54) is 19.2 Å². The van der Waals surface area contributed by atoms with E-state index in [2.05, 4.69) is 0 Å². The van der Waals surface area contributed by atoms with Gasteiger partial charge >= 0.3 is 5.97 Å². The zero-order chi connectivity index (χ0) is 11.6. The first kappa shape index (κ1) is 11.6. The smallest absolute Gasteiger partial charge is 0.337 e. The molecule has 0 aliphatic rings. The molecule has 0 saturated heterocycles. The number of aliphatic hydroxyl groups is 1. The van der Waals surface area contributed by atoms with Gasteiger partial charge in [0.2, 0.25) is 0 Å². The molecule has 0 saturated carbocycles. The molecule has 0 amide bonds. The number of halogens is 1. The summed E-state index contributed by atoms with van der Waals surface area (Å²) in [6.45, 7) is 0. The molecule has 5 nitrogen and oxygen atoms in total. The Morgan fingerprint density at radius 1 is 1.53 bits per heavy atom. The molecule has 1 rings (SSSR count). The summed E-state index contributed by atoms with van der Waals surface area (Å²) in [6.07, 6.45) is -1.83. The number of methoxy groups -OCH3 is 1. The van der Waals surface area contributed by atoms with Crippen molar-refractivity contribution in [3.8, 4) is 11.5 Å². The van der Waals surface area contributed by atoms with Crippen LogP contribution in [-0.2, 0) is 4.79 Å². The summed E-state index contributed by atoms with van der Waals surface area (Å²) in [5.74, 6) is -1.89. The highest BCUT2D eigenvalue weighted by Gasteiger charge is 2.25. The van der Waals surface area contributed by atoms with Crippen LogP contribution < -0.4 is 4.74 Å². The van der Waals surface area contributed by atoms with E-state index in [1.54, 1.807) is 0 Å². The van der Waals surface area contributed by atoms with Crippen LogP contribution in [0.3, 0.4) is 0 Å². The lowest BCUT2D eigenvalue weighted by Crippen LogP contribution is -2.12. The standard InChI is InChI=1S/C9H9ClO5/c1-15-8-5(11)3-2-4(10)6(8)7(12)9(13)14/h2-3,7,11-12H,1H3,(H,13,14). The average molecular weight is 233 g/mol. The summed E-state index contributed by atoms with van der Waals surface area (Å²) < 4.78 is 4.77. The SMILES string of the molecule is COc1c(O)ccc(Cl)c1C(O)C(=O)O. The number of aliphatic hydroxyl groups excluding tert-OH is 1. The summed E-state index contributed by atoms with van der Waals surface area (Å²) in [7, 11) is 1.24. The molecule has 3 N–H and O–H groups in total. The van der Waals surface area contributed by atoms with Gasteiger partial charge in [0.15, 0.2) is 17.6 Å². The molecule has 0 spiro atoms. The molecule has 1 aromatic rings. The second-order valence-corrected chi connectivity index (χ2v) is 3.16. The normalized spacial score (nSPS) is 12.2. The predicted octanol–water partition coefficient (Wildman–Crippen LogP) is 1.17. The minimum Gasteiger partial charge on any atom is -0.504 e. The Morgan fingerprint density at radius 2 is 2.13 bits per heavy atom. The second kappa shape index (κ2) is 4.37. The highest BCUT2D eigenvalue weighted by Crippen LogP contribution is 2.38. The van der Waals surface area contributed by atoms with E-state index >= 15 is 0 Å². The third-order valence-electron chi connectivity index (χ3n) is 1.83. The summed E-state index contributed by atoms with van der Waals surface area (Å²) in [4.78, 5) is 10.6. The van der Waals surface area contributed by atoms with E-state index in [9.17, 15) is 15.0 Å². The largest absolute Gasteiger partial charge is 0.504 e. The number of benzene rings is 1. The molecule has 0 heterocycles. The summed E-state index contributed by atoms with van der Waals surface area (Å²) in [5.41, 5.74) is -0.160. The molecule has 0 bridgehead atoms. The van der Waals surface area contributed by atoms with Gasteiger partial charge in [0.25, 0.3) is 0 Å². The molecule has 1 atom stereocenters. The van der Waals surface area contributed by atoms with Gasteiger partial charge in [0, 0.05) is 0 Å². The van der Waals surface area contributed by atoms with Gasteiger partial charge in [-0.15, -0.1) is 0 Å². The van der Waals surface area contributed by atoms with Crippen LogP contribution in [0.4, 0.5) is 0 Å². The third kappa shape index (κ3) is 2.14. The highest BCUT2D eigenvalue weighted by molar-refractivity contribution is 6.31. The molecular weight excluding hydrogens is 224 g/mol. The first-order valence-electron chi connectivity index (χ1n) is 3.95. The number of phenols is 1. The molecule has 15 heavy (non-hydrogen) atoms. The first-order valence-corrected chi connectivity index (χ1v) is 4.33. The maximum atomic E-state index is 10.6. The van der Waals surface area contributed by atoms with E-state index in [0.717, 1.165) is 0 Å². The van der Waals surface area contributed by atoms with Crippen LogP contribution in [0.2, 0.25) is 5.02 Å². The Hall–Kier alpha value is -1.46. The monoisotopic (exact) mass is 232 g/mol. The van der Waals surface area contributed by atoms with Crippen LogP contribution in [0.15, 0.2) is 12.1 Å². The number of ether oxygens (including phenoxy) is 1. The minimum absolute atomic E-state index is 0.0135. The summed E-state index contributed by atoms with van der Waals surface area (Å²) in [6, 6.07) is 2.53. The van der Waals surface area contributed by atoms with Crippen molar-refractivity contribution >= 4 is 17.6 Å². The molecule has 82 valence electrons. The maximum Gasteiger partial charge on any atom is 0.337 e. The topological polar surface area (TPSA) is 87.0 Å². The van der Waals surface area contributed by atoms with Crippen molar-refractivity contribution in [2.75, 3.05) is 7.11 Å². The summed E-state index contributed by atoms with van der Waals surface area (Å²) in [5, 5.41) is 27.3. The molecule has 1 unspecified atom stereocenters. The van der Waals surface area contributed by atoms with Gasteiger partial charge in [-0.05, 0) is 12.1 Å². The number of carbonyl (C=O) groups is 1. The number of hydrogen-bond acceptors (Lipinski definition) is 4. The fourth-order valence-corrected chi connectivity index (χ4v) is 1.41. The van der Waals surface area contributed by atoms with Crippen LogP contribution in [0.5, 0.6) is 11.5 Å². The Bertz CT molecular complexity index is 390. The lowest BCUT2D eigenvalue weighted by Gasteiger charge is -2.14. The lowest BCUT2D eigenvalue weighted by molar-refractivity contribution is -0.147. The van der Waals surface area contributed by atoms with Crippen molar-refractivity contribution in [2.24, 2.45) is 0 Å². The molecule has 0 aliphatic heterocycles. The Morgan fingerprint density at radius 3 is 2.60 bits per heavy atom. The molecule has 0 aromatic heterocycles. The Kier molecular flexibility index (Phi) is 3.39. The van der Waals surface area contributed by atoms with Crippen molar-refractivity contribution in [2.45, 2.75) is 6.10 Å². The molecule has 0 radical (unpaired) electrons. The maximum absolute atomic E-state index is 10.6. The van der Waals surface area contributed by atoms with Crippen LogP contribution in [0, 0.1) is 0 Å². The molecule has 6 heteroatoms. The average Bonchev–Trinajstić information content (AvgIpc) is 2.19. The van der Waals surface area contributed by atoms with E-state index in [4.69, 9.17) is 21.4 Å². The van der Waals surface area contributed by atoms with Gasteiger partial charge in [-0.25, -0.2) is 4.79 Å². The van der Waals surface area contributed by atoms with Crippen LogP contribution in [0.1, 0.15) is 11.7 Å². The second-order valence-electron chi connectivity index (χ2n) is 2.75. The number of phenolic OH excluding ortho intramolecular Hbond substituents is 1. The zero-order valence-corrected chi connectivity index (χ0v) is 8.52. The molecule has 1 aromatic carbocycles. The molecule has 0 aliphatic carbocycles. The van der Waals surface area contributed by atoms with Crippen molar-refractivity contribution < 1.29 is 24.9 Å². The van der Waals surface area contributed by atoms with Crippen molar-refractivity contribution in [1.82, 2.24) is 0 Å². The predicted molar refractivity (Wildman–Crippen MR) is 52.3 cm³/mol. The van der Waals surface area contributed by atoms with Crippen LogP contribution >= 0.6 is 11.6 Å². The van der Waals surface area contributed by atoms with Crippen molar-refractivity contribution in [1.29, 1.82) is 0 Å². The number of aliphatic carboxylic acids is 1. The van der Waals surface area contributed by atoms with Crippen LogP contribution in [0.25, 0.3) is 0 Å². The van der Waals surface area contributed by atoms with E-state index in [0.29, 0.717) is 0 Å². The van der Waals surface area contributed by atoms with Gasteiger partial charge in [-0.3, -0.25) is 0 Å². The highest BCUT2D eigenvalue weighted by atomic mass is 35.5. The number of carboxylic acid groups (broad SMARTS) is 1. The lowest BCUT2D eigenvalue weighted by atomic mass is 10.1. The van der Waals surface area contributed by atoms with Gasteiger partial charge in [0.05, 0.1) is 17.7 Å². The number of aromatic hydroxyl groups is 1. The zero-order valence-electron chi connectivity index (χ0n) is 7.77. The number of rotatable bonds is 3. The van der Waals surface area contributed by atoms with Gasteiger partial charge < -0.3 is 20.1 Å². The minimum atomic E-state index is -1.83. The van der Waals surface area contributed by atoms with Crippen molar-refractivity contribution in [3.05, 3.63) is 22.7 Å². The quantitative estimate of drug-likeness (QED) is 0.728. The molecule has 0 fully saturated rings. The molecular formula is C9H9ClO5. The van der Waals surface area contributed by atoms with Gasteiger partial charge in [-0.2, -0.15) is 0 Å². The first-order chi connectivity index (χ1) is 6.99. The Labute approximate surface area is 90.5 Å². The Balaban J connectivity index is 3.37. The van der Waals surface area contributed by atoms with Gasteiger partial charge in [0.1, 0.15) is 0 Å². The van der Waals surface area contributed by atoms with Gasteiger partial charge in [-0.1, -0.05) is 11.6 Å². The van der Waals surface area contributed by atoms with Crippen LogP contribution in [-0.4, -0.2) is 28.4 Å². The number of hydrogen-bond donors (Lipinski definition) is 3. The number of carboxylic acids is 1. The van der Waals surface area contributed by atoms with E-state index in [-0.39, 0.29) is 22.1 Å². The summed E-state index contributed by atoms with van der Waals surface area (Å²) >= 11 is 5.70. The van der Waals surface area contributed by atoms with E-state index in [1.807, 2.05) is 0 Å². The fraction of sp³-hybridized carbons (Fsp3) is 0.222. The third-order valence-corrected chi connectivity index (χ3v) is 2.16. The van der Waals surface area contributed by atoms with Crippen molar-refractivity contribution in [3.63, 3.8) is 0 Å². The van der Waals surface area contributed by atoms with E-state index < -0.39 is 12.1 Å². The fourth-order valence-electron chi connectivity index (χ4n) is 1.16.